The van der Waals surface area contributed by atoms with Gasteiger partial charge in [0.05, 0.1) is 18.0 Å². The van der Waals surface area contributed by atoms with Crippen molar-refractivity contribution in [3.8, 4) is 16.6 Å². The lowest BCUT2D eigenvalue weighted by molar-refractivity contribution is 0.401. The van der Waals surface area contributed by atoms with Crippen LogP contribution in [0.15, 0.2) is 6.07 Å². The summed E-state index contributed by atoms with van der Waals surface area (Å²) in [5, 5.41) is 17.8. The van der Waals surface area contributed by atoms with Gasteiger partial charge in [-0.1, -0.05) is 11.3 Å². The number of aromatic amines is 1. The quantitative estimate of drug-likeness (QED) is 0.764. The maximum atomic E-state index is 5.25. The third-order valence-electron chi connectivity index (χ3n) is 2.56. The standard InChI is InChI=1S/C11H11N5OS/c1-5-4-7-8(10(17-3)15-14-7)9(12-5)11-16-13-6(2)18-11/h4H,1-3H3,(H,14,15). The zero-order valence-electron chi connectivity index (χ0n) is 10.2. The summed E-state index contributed by atoms with van der Waals surface area (Å²) in [6.45, 7) is 3.85. The van der Waals surface area contributed by atoms with E-state index in [4.69, 9.17) is 4.74 Å². The Bertz CT molecular complexity index is 717. The maximum Gasteiger partial charge on any atom is 0.242 e. The Morgan fingerprint density at radius 3 is 2.78 bits per heavy atom. The van der Waals surface area contributed by atoms with E-state index in [0.717, 1.165) is 32.3 Å². The fraction of sp³-hybridized carbons (Fsp3) is 0.273. The van der Waals surface area contributed by atoms with E-state index >= 15 is 0 Å². The molecule has 7 heteroatoms. The van der Waals surface area contributed by atoms with Gasteiger partial charge in [0.25, 0.3) is 0 Å². The first-order valence-corrected chi connectivity index (χ1v) is 6.21. The van der Waals surface area contributed by atoms with E-state index < -0.39 is 0 Å². The van der Waals surface area contributed by atoms with E-state index in [0.29, 0.717) is 5.88 Å². The predicted molar refractivity (Wildman–Crippen MR) is 68.8 cm³/mol. The van der Waals surface area contributed by atoms with Crippen LogP contribution in [-0.2, 0) is 0 Å². The molecule has 0 aliphatic carbocycles. The maximum absolute atomic E-state index is 5.25. The molecular formula is C11H11N5OS. The first kappa shape index (κ1) is 11.1. The summed E-state index contributed by atoms with van der Waals surface area (Å²) in [7, 11) is 1.59. The summed E-state index contributed by atoms with van der Waals surface area (Å²) in [5.74, 6) is 0.528. The predicted octanol–water partition coefficient (Wildman–Crippen LogP) is 2.10. The number of pyridine rings is 1. The average molecular weight is 261 g/mol. The van der Waals surface area contributed by atoms with Gasteiger partial charge in [-0.3, -0.25) is 5.10 Å². The molecule has 0 saturated heterocycles. The number of nitrogens with zero attached hydrogens (tertiary/aromatic N) is 4. The summed E-state index contributed by atoms with van der Waals surface area (Å²) in [6, 6.07) is 1.93. The van der Waals surface area contributed by atoms with Gasteiger partial charge >= 0.3 is 0 Å². The van der Waals surface area contributed by atoms with E-state index in [1.54, 1.807) is 7.11 Å². The van der Waals surface area contributed by atoms with Gasteiger partial charge in [0.1, 0.15) is 10.7 Å². The van der Waals surface area contributed by atoms with Crippen molar-refractivity contribution in [2.24, 2.45) is 0 Å². The lowest BCUT2D eigenvalue weighted by Gasteiger charge is -2.01. The molecular weight excluding hydrogens is 250 g/mol. The molecule has 3 aromatic rings. The fourth-order valence-corrected chi connectivity index (χ4v) is 2.53. The molecule has 0 aliphatic rings. The molecule has 3 aromatic heterocycles. The van der Waals surface area contributed by atoms with E-state index in [1.165, 1.54) is 11.3 Å². The van der Waals surface area contributed by atoms with Gasteiger partial charge in [-0.05, 0) is 19.9 Å². The monoisotopic (exact) mass is 261 g/mol. The first-order valence-electron chi connectivity index (χ1n) is 5.39. The average Bonchev–Trinajstić information content (AvgIpc) is 2.94. The van der Waals surface area contributed by atoms with Crippen LogP contribution >= 0.6 is 11.3 Å². The number of H-pyrrole nitrogens is 1. The molecule has 0 spiro atoms. The Morgan fingerprint density at radius 2 is 2.11 bits per heavy atom. The molecule has 0 atom stereocenters. The normalized spacial score (nSPS) is 11.1. The minimum absolute atomic E-state index is 0.528. The molecule has 18 heavy (non-hydrogen) atoms. The van der Waals surface area contributed by atoms with Crippen LogP contribution in [0.2, 0.25) is 0 Å². The minimum atomic E-state index is 0.528. The Kier molecular flexibility index (Phi) is 2.48. The topological polar surface area (TPSA) is 76.6 Å². The number of methoxy groups -OCH3 is 1. The van der Waals surface area contributed by atoms with Gasteiger partial charge in [0.15, 0.2) is 5.01 Å². The van der Waals surface area contributed by atoms with Crippen LogP contribution in [0.3, 0.4) is 0 Å². The molecule has 0 fully saturated rings. The Balaban J connectivity index is 2.35. The lowest BCUT2D eigenvalue weighted by Crippen LogP contribution is -1.90. The molecule has 0 aliphatic heterocycles. The molecule has 92 valence electrons. The number of hydrogen-bond donors (Lipinski definition) is 1. The molecule has 0 aromatic carbocycles. The summed E-state index contributed by atoms with van der Waals surface area (Å²) in [4.78, 5) is 4.53. The van der Waals surface area contributed by atoms with Crippen LogP contribution in [0.25, 0.3) is 21.6 Å². The Labute approximate surface area is 107 Å². The van der Waals surface area contributed by atoms with Crippen LogP contribution in [0.5, 0.6) is 5.88 Å². The highest BCUT2D eigenvalue weighted by Crippen LogP contribution is 2.33. The number of ether oxygens (including phenoxy) is 1. The van der Waals surface area contributed by atoms with E-state index in [-0.39, 0.29) is 0 Å². The van der Waals surface area contributed by atoms with Crippen molar-refractivity contribution in [1.82, 2.24) is 25.4 Å². The highest BCUT2D eigenvalue weighted by molar-refractivity contribution is 7.14. The molecule has 0 saturated carbocycles. The zero-order valence-corrected chi connectivity index (χ0v) is 11.0. The van der Waals surface area contributed by atoms with Crippen molar-refractivity contribution in [2.45, 2.75) is 13.8 Å². The third-order valence-corrected chi connectivity index (χ3v) is 3.41. The second kappa shape index (κ2) is 4.02. The van der Waals surface area contributed by atoms with Gasteiger partial charge in [0, 0.05) is 5.69 Å². The summed E-state index contributed by atoms with van der Waals surface area (Å²) in [6.07, 6.45) is 0. The molecule has 0 bridgehead atoms. The number of nitrogens with one attached hydrogen (secondary N) is 1. The van der Waals surface area contributed by atoms with E-state index in [2.05, 4.69) is 25.4 Å². The van der Waals surface area contributed by atoms with Crippen LogP contribution in [0, 0.1) is 13.8 Å². The van der Waals surface area contributed by atoms with Gasteiger partial charge in [-0.15, -0.1) is 15.3 Å². The van der Waals surface area contributed by atoms with Crippen molar-refractivity contribution in [2.75, 3.05) is 7.11 Å². The van der Waals surface area contributed by atoms with Crippen molar-refractivity contribution >= 4 is 22.2 Å². The molecule has 3 heterocycles. The number of rotatable bonds is 2. The zero-order chi connectivity index (χ0) is 12.7. The molecule has 3 rings (SSSR count). The SMILES string of the molecule is COc1n[nH]c2cc(C)nc(-c3nnc(C)s3)c12. The molecule has 0 amide bonds. The molecule has 0 unspecified atom stereocenters. The lowest BCUT2D eigenvalue weighted by atomic mass is 10.2. The second-order valence-corrected chi connectivity index (χ2v) is 5.08. The highest BCUT2D eigenvalue weighted by atomic mass is 32.1. The number of fused-ring (bicyclic) bond motifs is 1. The van der Waals surface area contributed by atoms with Crippen LogP contribution in [0.4, 0.5) is 0 Å². The van der Waals surface area contributed by atoms with E-state index in [1.807, 2.05) is 19.9 Å². The van der Waals surface area contributed by atoms with Crippen molar-refractivity contribution in [3.05, 3.63) is 16.8 Å². The highest BCUT2D eigenvalue weighted by Gasteiger charge is 2.17. The molecule has 0 radical (unpaired) electrons. The summed E-state index contributed by atoms with van der Waals surface area (Å²) < 4.78 is 5.25. The number of aromatic nitrogens is 5. The van der Waals surface area contributed by atoms with Crippen LogP contribution in [0.1, 0.15) is 10.7 Å². The van der Waals surface area contributed by atoms with Crippen molar-refractivity contribution < 1.29 is 4.74 Å². The van der Waals surface area contributed by atoms with Gasteiger partial charge < -0.3 is 4.74 Å². The van der Waals surface area contributed by atoms with Crippen molar-refractivity contribution in [1.29, 1.82) is 0 Å². The van der Waals surface area contributed by atoms with Crippen molar-refractivity contribution in [3.63, 3.8) is 0 Å². The van der Waals surface area contributed by atoms with Gasteiger partial charge in [-0.2, -0.15) is 0 Å². The third kappa shape index (κ3) is 1.63. The summed E-state index contributed by atoms with van der Waals surface area (Å²) >= 11 is 1.51. The smallest absolute Gasteiger partial charge is 0.242 e. The Hall–Kier alpha value is -2.02. The molecule has 1 N–H and O–H groups in total. The largest absolute Gasteiger partial charge is 0.479 e. The minimum Gasteiger partial charge on any atom is -0.479 e. The molecule has 6 nitrogen and oxygen atoms in total. The van der Waals surface area contributed by atoms with Gasteiger partial charge in [0.2, 0.25) is 5.88 Å². The van der Waals surface area contributed by atoms with Crippen LogP contribution in [-0.4, -0.2) is 32.5 Å². The van der Waals surface area contributed by atoms with E-state index in [9.17, 15) is 0 Å². The fourth-order valence-electron chi connectivity index (χ4n) is 1.84. The van der Waals surface area contributed by atoms with Gasteiger partial charge in [-0.25, -0.2) is 4.98 Å². The summed E-state index contributed by atoms with van der Waals surface area (Å²) in [5.41, 5.74) is 2.56. The van der Waals surface area contributed by atoms with Crippen LogP contribution < -0.4 is 4.74 Å². The number of hydrogen-bond acceptors (Lipinski definition) is 6. The second-order valence-electron chi connectivity index (χ2n) is 3.89. The Morgan fingerprint density at radius 1 is 1.28 bits per heavy atom. The first-order chi connectivity index (χ1) is 8.69. The number of aryl methyl sites for hydroxylation is 2.